The molecule has 162 valence electrons. The van der Waals surface area contributed by atoms with Gasteiger partial charge in [0.05, 0.1) is 0 Å². The highest BCUT2D eigenvalue weighted by Crippen LogP contribution is 2.27. The summed E-state index contributed by atoms with van der Waals surface area (Å²) in [5.41, 5.74) is 3.02. The third-order valence-corrected chi connectivity index (χ3v) is 5.89. The minimum atomic E-state index is -0.577. The molecule has 6 heteroatoms. The highest BCUT2D eigenvalue weighted by atomic mass is 35.5. The minimum Gasteiger partial charge on any atom is -0.355 e. The lowest BCUT2D eigenvalue weighted by Gasteiger charge is -2.31. The number of carbonyl (C=O) groups is 2. The summed E-state index contributed by atoms with van der Waals surface area (Å²) < 4.78 is 0. The summed E-state index contributed by atoms with van der Waals surface area (Å²) in [5.74, 6) is -0.257. The van der Waals surface area contributed by atoms with Crippen LogP contribution in [0.3, 0.4) is 0 Å². The van der Waals surface area contributed by atoms with Crippen LogP contribution in [0.4, 0.5) is 0 Å². The Hall–Kier alpha value is -2.04. The van der Waals surface area contributed by atoms with Crippen molar-refractivity contribution in [2.45, 2.75) is 59.0 Å². The van der Waals surface area contributed by atoms with Crippen molar-refractivity contribution in [3.63, 3.8) is 0 Å². The SMILES string of the molecule is CCNC(=O)[C@H](CC)N(Cc1c(Cl)cccc1Cl)C(=O)CCc1ccc(CC)cc1. The summed E-state index contributed by atoms with van der Waals surface area (Å²) >= 11 is 12.7. The zero-order valence-corrected chi connectivity index (χ0v) is 19.4. The van der Waals surface area contributed by atoms with Gasteiger partial charge in [-0.25, -0.2) is 0 Å². The van der Waals surface area contributed by atoms with Crippen LogP contribution < -0.4 is 5.32 Å². The van der Waals surface area contributed by atoms with Gasteiger partial charge in [-0.15, -0.1) is 0 Å². The molecule has 1 atom stereocenters. The van der Waals surface area contributed by atoms with Crippen molar-refractivity contribution in [3.8, 4) is 0 Å². The first-order valence-electron chi connectivity index (χ1n) is 10.5. The van der Waals surface area contributed by atoms with E-state index in [1.54, 1.807) is 23.1 Å². The van der Waals surface area contributed by atoms with Crippen LogP contribution in [0.2, 0.25) is 10.0 Å². The van der Waals surface area contributed by atoms with Crippen molar-refractivity contribution < 1.29 is 9.59 Å². The Balaban J connectivity index is 2.24. The molecule has 4 nitrogen and oxygen atoms in total. The number of benzene rings is 2. The van der Waals surface area contributed by atoms with Crippen LogP contribution in [0, 0.1) is 0 Å². The van der Waals surface area contributed by atoms with E-state index in [1.807, 2.05) is 13.8 Å². The van der Waals surface area contributed by atoms with E-state index in [4.69, 9.17) is 23.2 Å². The van der Waals surface area contributed by atoms with Gasteiger partial charge in [0.2, 0.25) is 11.8 Å². The summed E-state index contributed by atoms with van der Waals surface area (Å²) in [5, 5.41) is 3.81. The molecule has 2 rings (SSSR count). The number of likely N-dealkylation sites (N-methyl/N-ethyl adjacent to an activating group) is 1. The molecule has 0 fully saturated rings. The maximum Gasteiger partial charge on any atom is 0.242 e. The van der Waals surface area contributed by atoms with Crippen LogP contribution in [0.5, 0.6) is 0 Å². The molecule has 0 aliphatic heterocycles. The van der Waals surface area contributed by atoms with Gasteiger partial charge in [0, 0.05) is 35.1 Å². The molecule has 0 aliphatic rings. The van der Waals surface area contributed by atoms with Crippen LogP contribution in [-0.2, 0) is 29.0 Å². The Morgan fingerprint density at radius 3 is 2.10 bits per heavy atom. The predicted molar refractivity (Wildman–Crippen MR) is 124 cm³/mol. The third kappa shape index (κ3) is 6.48. The van der Waals surface area contributed by atoms with E-state index in [0.717, 1.165) is 12.0 Å². The van der Waals surface area contributed by atoms with Gasteiger partial charge in [-0.05, 0) is 49.4 Å². The predicted octanol–water partition coefficient (Wildman–Crippen LogP) is 5.43. The van der Waals surface area contributed by atoms with Gasteiger partial charge < -0.3 is 10.2 Å². The summed E-state index contributed by atoms with van der Waals surface area (Å²) in [6.07, 6.45) is 2.41. The van der Waals surface area contributed by atoms with E-state index in [2.05, 4.69) is 36.5 Å². The molecule has 0 saturated heterocycles. The Bertz CT molecular complexity index is 833. The van der Waals surface area contributed by atoms with E-state index < -0.39 is 6.04 Å². The molecule has 2 aromatic rings. The fraction of sp³-hybridized carbons (Fsp3) is 0.417. The Morgan fingerprint density at radius 2 is 1.57 bits per heavy atom. The van der Waals surface area contributed by atoms with Crippen LogP contribution >= 0.6 is 23.2 Å². The van der Waals surface area contributed by atoms with Crippen LogP contribution in [0.15, 0.2) is 42.5 Å². The van der Waals surface area contributed by atoms with E-state index >= 15 is 0 Å². The molecular weight excluding hydrogens is 419 g/mol. The van der Waals surface area contributed by atoms with E-state index in [9.17, 15) is 9.59 Å². The molecule has 30 heavy (non-hydrogen) atoms. The lowest BCUT2D eigenvalue weighted by molar-refractivity contribution is -0.141. The largest absolute Gasteiger partial charge is 0.355 e. The first-order valence-corrected chi connectivity index (χ1v) is 11.2. The van der Waals surface area contributed by atoms with Crippen molar-refractivity contribution in [1.82, 2.24) is 10.2 Å². The van der Waals surface area contributed by atoms with E-state index in [0.29, 0.717) is 41.4 Å². The monoisotopic (exact) mass is 448 g/mol. The normalized spacial score (nSPS) is 11.8. The molecule has 0 aromatic heterocycles. The van der Waals surface area contributed by atoms with Crippen molar-refractivity contribution in [1.29, 1.82) is 0 Å². The van der Waals surface area contributed by atoms with Crippen LogP contribution in [-0.4, -0.2) is 29.3 Å². The smallest absolute Gasteiger partial charge is 0.242 e. The summed E-state index contributed by atoms with van der Waals surface area (Å²) in [6.45, 7) is 6.58. The van der Waals surface area contributed by atoms with Gasteiger partial charge >= 0.3 is 0 Å². The lowest BCUT2D eigenvalue weighted by atomic mass is 10.0. The number of hydrogen-bond donors (Lipinski definition) is 1. The summed E-state index contributed by atoms with van der Waals surface area (Å²) in [7, 11) is 0. The van der Waals surface area contributed by atoms with Gasteiger partial charge in [-0.3, -0.25) is 9.59 Å². The highest BCUT2D eigenvalue weighted by molar-refractivity contribution is 6.36. The van der Waals surface area contributed by atoms with Crippen molar-refractivity contribution in [2.24, 2.45) is 0 Å². The number of rotatable bonds is 10. The molecule has 0 saturated carbocycles. The highest BCUT2D eigenvalue weighted by Gasteiger charge is 2.29. The van der Waals surface area contributed by atoms with Crippen LogP contribution in [0.1, 0.15) is 50.3 Å². The maximum absolute atomic E-state index is 13.2. The quantitative estimate of drug-likeness (QED) is 0.526. The standard InChI is InChI=1S/C24H30Cl2N2O2/c1-4-17-10-12-18(13-11-17)14-15-23(29)28(22(5-2)24(30)27-6-3)16-19-20(25)8-7-9-21(19)26/h7-13,22H,4-6,14-16H2,1-3H3,(H,27,30)/t22-/m0/s1. The first kappa shape index (κ1) is 24.2. The zero-order chi connectivity index (χ0) is 22.1. The van der Waals surface area contributed by atoms with Crippen molar-refractivity contribution in [2.75, 3.05) is 6.54 Å². The average Bonchev–Trinajstić information content (AvgIpc) is 2.74. The Kier molecular flexibility index (Phi) is 9.67. The van der Waals surface area contributed by atoms with E-state index in [1.165, 1.54) is 5.56 Å². The number of nitrogens with one attached hydrogen (secondary N) is 1. The fourth-order valence-corrected chi connectivity index (χ4v) is 3.92. The van der Waals surface area contributed by atoms with Crippen molar-refractivity contribution in [3.05, 3.63) is 69.2 Å². The average molecular weight is 449 g/mol. The maximum atomic E-state index is 13.2. The van der Waals surface area contributed by atoms with E-state index in [-0.39, 0.29) is 18.4 Å². The van der Waals surface area contributed by atoms with Gasteiger partial charge in [0.25, 0.3) is 0 Å². The number of carbonyl (C=O) groups excluding carboxylic acids is 2. The second kappa shape index (κ2) is 12.0. The number of nitrogens with zero attached hydrogens (tertiary/aromatic N) is 1. The molecule has 0 heterocycles. The molecule has 0 radical (unpaired) electrons. The van der Waals surface area contributed by atoms with Crippen LogP contribution in [0.25, 0.3) is 0 Å². The summed E-state index contributed by atoms with van der Waals surface area (Å²) in [6, 6.07) is 13.0. The molecule has 0 aliphatic carbocycles. The second-order valence-corrected chi connectivity index (χ2v) is 8.02. The first-order chi connectivity index (χ1) is 14.4. The molecular formula is C24H30Cl2N2O2. The fourth-order valence-electron chi connectivity index (χ4n) is 3.40. The van der Waals surface area contributed by atoms with Gasteiger partial charge in [0.1, 0.15) is 6.04 Å². The second-order valence-electron chi connectivity index (χ2n) is 7.21. The van der Waals surface area contributed by atoms with Gasteiger partial charge in [0.15, 0.2) is 0 Å². The zero-order valence-electron chi connectivity index (χ0n) is 17.9. The lowest BCUT2D eigenvalue weighted by Crippen LogP contribution is -2.49. The van der Waals surface area contributed by atoms with Gasteiger partial charge in [-0.1, -0.05) is 67.4 Å². The Labute approximate surface area is 189 Å². The third-order valence-electron chi connectivity index (χ3n) is 5.19. The number of halogens is 2. The Morgan fingerprint density at radius 1 is 0.967 bits per heavy atom. The molecule has 2 aromatic carbocycles. The number of hydrogen-bond acceptors (Lipinski definition) is 2. The number of amides is 2. The molecule has 2 amide bonds. The molecule has 0 bridgehead atoms. The molecule has 1 N–H and O–H groups in total. The summed E-state index contributed by atoms with van der Waals surface area (Å²) in [4.78, 5) is 27.5. The number of aryl methyl sites for hydroxylation is 2. The van der Waals surface area contributed by atoms with Gasteiger partial charge in [-0.2, -0.15) is 0 Å². The molecule has 0 unspecified atom stereocenters. The topological polar surface area (TPSA) is 49.4 Å². The minimum absolute atomic E-state index is 0.0938. The van der Waals surface area contributed by atoms with Crippen molar-refractivity contribution >= 4 is 35.0 Å². The molecule has 0 spiro atoms.